The maximum Gasteiger partial charge on any atom is 0.316 e. The Balaban J connectivity index is 2.24. The zero-order valence-corrected chi connectivity index (χ0v) is 10.5. The van der Waals surface area contributed by atoms with Crippen molar-refractivity contribution in [2.45, 2.75) is 25.7 Å². The van der Waals surface area contributed by atoms with Gasteiger partial charge in [0.05, 0.1) is 19.1 Å². The predicted molar refractivity (Wildman–Crippen MR) is 65.1 cm³/mol. The highest BCUT2D eigenvalue weighted by molar-refractivity contribution is 5.87. The Bertz CT molecular complexity index is 410. The minimum atomic E-state index is -0.417. The van der Waals surface area contributed by atoms with Crippen molar-refractivity contribution in [2.24, 2.45) is 5.92 Å². The van der Waals surface area contributed by atoms with Crippen LogP contribution in [0.2, 0.25) is 0 Å². The first-order valence-corrected chi connectivity index (χ1v) is 5.97. The summed E-state index contributed by atoms with van der Waals surface area (Å²) in [6, 6.07) is 7.75. The molecule has 2 unspecified atom stereocenters. The Morgan fingerprint density at radius 1 is 1.41 bits per heavy atom. The molecule has 92 valence electrons. The summed E-state index contributed by atoms with van der Waals surface area (Å²) in [6.45, 7) is 4.68. The van der Waals surface area contributed by atoms with E-state index in [1.165, 1.54) is 7.11 Å². The van der Waals surface area contributed by atoms with Crippen LogP contribution in [0.4, 0.5) is 0 Å². The minimum absolute atomic E-state index is 0.130. The van der Waals surface area contributed by atoms with E-state index in [9.17, 15) is 4.79 Å². The monoisotopic (exact) mass is 234 g/mol. The highest BCUT2D eigenvalue weighted by Crippen LogP contribution is 2.54. The fourth-order valence-corrected chi connectivity index (χ4v) is 2.43. The van der Waals surface area contributed by atoms with Crippen molar-refractivity contribution in [2.75, 3.05) is 13.7 Å². The third-order valence-corrected chi connectivity index (χ3v) is 3.54. The molecule has 2 rings (SSSR count). The van der Waals surface area contributed by atoms with E-state index in [-0.39, 0.29) is 5.97 Å². The fourth-order valence-electron chi connectivity index (χ4n) is 2.43. The molecule has 1 aromatic rings. The lowest BCUT2D eigenvalue weighted by Gasteiger charge is -2.15. The van der Waals surface area contributed by atoms with Gasteiger partial charge in [0.1, 0.15) is 5.75 Å². The number of hydrogen-bond acceptors (Lipinski definition) is 3. The van der Waals surface area contributed by atoms with E-state index >= 15 is 0 Å². The van der Waals surface area contributed by atoms with E-state index in [0.29, 0.717) is 12.5 Å². The number of rotatable bonds is 4. The lowest BCUT2D eigenvalue weighted by atomic mass is 9.93. The molecule has 1 aliphatic carbocycles. The van der Waals surface area contributed by atoms with Crippen molar-refractivity contribution < 1.29 is 14.3 Å². The van der Waals surface area contributed by atoms with Crippen molar-refractivity contribution in [1.82, 2.24) is 0 Å². The van der Waals surface area contributed by atoms with Crippen LogP contribution < -0.4 is 4.74 Å². The van der Waals surface area contributed by atoms with Crippen LogP contribution >= 0.6 is 0 Å². The number of carbonyl (C=O) groups is 1. The first-order valence-electron chi connectivity index (χ1n) is 5.97. The van der Waals surface area contributed by atoms with E-state index in [2.05, 4.69) is 6.92 Å². The van der Waals surface area contributed by atoms with Crippen molar-refractivity contribution in [1.29, 1.82) is 0 Å². The van der Waals surface area contributed by atoms with Crippen LogP contribution in [-0.2, 0) is 14.9 Å². The summed E-state index contributed by atoms with van der Waals surface area (Å²) in [5, 5.41) is 0. The zero-order valence-electron chi connectivity index (χ0n) is 10.5. The van der Waals surface area contributed by atoms with Gasteiger partial charge < -0.3 is 9.47 Å². The van der Waals surface area contributed by atoms with Crippen molar-refractivity contribution in [3.63, 3.8) is 0 Å². The lowest BCUT2D eigenvalue weighted by Crippen LogP contribution is -2.23. The Morgan fingerprint density at radius 3 is 2.41 bits per heavy atom. The quantitative estimate of drug-likeness (QED) is 0.751. The molecule has 2 atom stereocenters. The van der Waals surface area contributed by atoms with Crippen LogP contribution in [0.25, 0.3) is 0 Å². The summed E-state index contributed by atoms with van der Waals surface area (Å²) in [4.78, 5) is 11.9. The summed E-state index contributed by atoms with van der Waals surface area (Å²) >= 11 is 0. The molecular weight excluding hydrogens is 216 g/mol. The molecule has 3 nitrogen and oxygen atoms in total. The Morgan fingerprint density at radius 2 is 2.00 bits per heavy atom. The number of benzene rings is 1. The van der Waals surface area contributed by atoms with Gasteiger partial charge in [0, 0.05) is 0 Å². The van der Waals surface area contributed by atoms with Crippen molar-refractivity contribution >= 4 is 5.97 Å². The van der Waals surface area contributed by atoms with Gasteiger partial charge in [-0.2, -0.15) is 0 Å². The molecular formula is C14H18O3. The molecule has 17 heavy (non-hydrogen) atoms. The molecule has 0 spiro atoms. The Hall–Kier alpha value is -1.51. The smallest absolute Gasteiger partial charge is 0.316 e. The molecule has 0 amide bonds. The summed E-state index contributed by atoms with van der Waals surface area (Å²) in [6.07, 6.45) is 0.869. The highest BCUT2D eigenvalue weighted by Gasteiger charge is 2.59. The van der Waals surface area contributed by atoms with E-state index < -0.39 is 5.41 Å². The molecule has 3 heteroatoms. The summed E-state index contributed by atoms with van der Waals surface area (Å²) in [5.74, 6) is 1.06. The van der Waals surface area contributed by atoms with Gasteiger partial charge in [-0.25, -0.2) is 0 Å². The summed E-state index contributed by atoms with van der Waals surface area (Å²) in [7, 11) is 1.45. The van der Waals surface area contributed by atoms with Gasteiger partial charge in [-0.15, -0.1) is 0 Å². The fraction of sp³-hybridized carbons (Fsp3) is 0.500. The van der Waals surface area contributed by atoms with Crippen LogP contribution in [0.15, 0.2) is 24.3 Å². The SMILES string of the molecule is CCOc1ccc(C2(C(=O)OC)CC2C)cc1. The maximum atomic E-state index is 11.9. The standard InChI is InChI=1S/C14H18O3/c1-4-17-12-7-5-11(6-8-12)14(9-10(14)2)13(15)16-3/h5-8,10H,4,9H2,1-3H3. The molecule has 1 fully saturated rings. The van der Waals surface area contributed by atoms with Gasteiger partial charge in [0.2, 0.25) is 0 Å². The average Bonchev–Trinajstić information content (AvgIpc) is 3.03. The summed E-state index contributed by atoms with van der Waals surface area (Å²) in [5.41, 5.74) is 0.611. The Kier molecular flexibility index (Phi) is 3.09. The first-order chi connectivity index (χ1) is 8.15. The van der Waals surface area contributed by atoms with E-state index in [1.807, 2.05) is 31.2 Å². The molecule has 1 saturated carbocycles. The zero-order chi connectivity index (χ0) is 12.5. The Labute approximate surface area is 102 Å². The first kappa shape index (κ1) is 12.0. The van der Waals surface area contributed by atoms with Gasteiger partial charge in [0.15, 0.2) is 0 Å². The summed E-state index contributed by atoms with van der Waals surface area (Å²) < 4.78 is 10.3. The molecule has 0 bridgehead atoms. The lowest BCUT2D eigenvalue weighted by molar-refractivity contribution is -0.144. The molecule has 0 heterocycles. The number of carbonyl (C=O) groups excluding carboxylic acids is 1. The second-order valence-electron chi connectivity index (χ2n) is 4.53. The van der Waals surface area contributed by atoms with Crippen LogP contribution in [0, 0.1) is 5.92 Å². The average molecular weight is 234 g/mol. The number of ether oxygens (including phenoxy) is 2. The van der Waals surface area contributed by atoms with Crippen LogP contribution in [-0.4, -0.2) is 19.7 Å². The predicted octanol–water partition coefficient (Wildman–Crippen LogP) is 2.54. The van der Waals surface area contributed by atoms with Crippen molar-refractivity contribution in [3.8, 4) is 5.75 Å². The molecule has 0 saturated heterocycles. The topological polar surface area (TPSA) is 35.5 Å². The third-order valence-electron chi connectivity index (χ3n) is 3.54. The van der Waals surface area contributed by atoms with E-state index in [1.54, 1.807) is 0 Å². The van der Waals surface area contributed by atoms with E-state index in [4.69, 9.17) is 9.47 Å². The molecule has 0 aliphatic heterocycles. The highest BCUT2D eigenvalue weighted by atomic mass is 16.5. The van der Waals surface area contributed by atoms with Gasteiger partial charge in [-0.3, -0.25) is 4.79 Å². The van der Waals surface area contributed by atoms with Crippen LogP contribution in [0.5, 0.6) is 5.75 Å². The third kappa shape index (κ3) is 1.90. The maximum absolute atomic E-state index is 11.9. The van der Waals surface area contributed by atoms with Gasteiger partial charge in [-0.1, -0.05) is 19.1 Å². The van der Waals surface area contributed by atoms with Crippen LogP contribution in [0.3, 0.4) is 0 Å². The molecule has 0 N–H and O–H groups in total. The van der Waals surface area contributed by atoms with E-state index in [0.717, 1.165) is 17.7 Å². The second kappa shape index (κ2) is 4.40. The number of hydrogen-bond donors (Lipinski definition) is 0. The second-order valence-corrected chi connectivity index (χ2v) is 4.53. The van der Waals surface area contributed by atoms with Crippen LogP contribution in [0.1, 0.15) is 25.8 Å². The van der Waals surface area contributed by atoms with Crippen molar-refractivity contribution in [3.05, 3.63) is 29.8 Å². The normalized spacial score (nSPS) is 26.4. The number of esters is 1. The van der Waals surface area contributed by atoms with Gasteiger partial charge in [-0.05, 0) is 37.0 Å². The van der Waals surface area contributed by atoms with Gasteiger partial charge >= 0.3 is 5.97 Å². The van der Waals surface area contributed by atoms with Gasteiger partial charge in [0.25, 0.3) is 0 Å². The molecule has 1 aromatic carbocycles. The molecule has 0 aromatic heterocycles. The largest absolute Gasteiger partial charge is 0.494 e. The number of methoxy groups -OCH3 is 1. The minimum Gasteiger partial charge on any atom is -0.494 e. The molecule has 1 aliphatic rings. The molecule has 0 radical (unpaired) electrons.